The van der Waals surface area contributed by atoms with Crippen molar-refractivity contribution in [3.05, 3.63) is 103 Å². The molecule has 0 atom stereocenters. The number of H-pyrrole nitrogens is 1. The normalized spacial score (nSPS) is 11.3. The molecule has 0 aliphatic rings. The molecular weight excluding hydrogens is 498 g/mol. The zero-order valence-electron chi connectivity index (χ0n) is 20.8. The largest absolute Gasteiger partial charge is 0.497 e. The Hall–Kier alpha value is -4.47. The van der Waals surface area contributed by atoms with Gasteiger partial charge in [-0.05, 0) is 36.4 Å². The maximum Gasteiger partial charge on any atom is 0.240 e. The fourth-order valence-corrected chi connectivity index (χ4v) is 5.09. The van der Waals surface area contributed by atoms with Gasteiger partial charge in [0, 0.05) is 36.0 Å². The Kier molecular flexibility index (Phi) is 7.48. The third-order valence-electron chi connectivity index (χ3n) is 5.92. The second kappa shape index (κ2) is 11.3. The summed E-state index contributed by atoms with van der Waals surface area (Å²) >= 11 is 0. The number of hydrogen-bond acceptors (Lipinski definition) is 6. The molecular formula is C29H27N5O3S. The van der Waals surface area contributed by atoms with E-state index >= 15 is 0 Å². The molecule has 3 N–H and O–H groups in total. The van der Waals surface area contributed by atoms with Gasteiger partial charge in [-0.1, -0.05) is 60.7 Å². The van der Waals surface area contributed by atoms with Crippen LogP contribution in [0.15, 0.2) is 108 Å². The van der Waals surface area contributed by atoms with Crippen molar-refractivity contribution in [2.24, 2.45) is 0 Å². The van der Waals surface area contributed by atoms with Crippen LogP contribution in [0.1, 0.15) is 0 Å². The average molecular weight is 526 g/mol. The zero-order chi connectivity index (χ0) is 26.4. The molecule has 0 saturated carbocycles. The van der Waals surface area contributed by atoms with Crippen LogP contribution in [0.2, 0.25) is 0 Å². The number of ether oxygens (including phenoxy) is 1. The number of imidazole rings is 1. The van der Waals surface area contributed by atoms with Gasteiger partial charge in [0.05, 0.1) is 23.4 Å². The second-order valence-electron chi connectivity index (χ2n) is 8.47. The topological polar surface area (TPSA) is 109 Å². The molecule has 0 fully saturated rings. The molecule has 38 heavy (non-hydrogen) atoms. The first-order chi connectivity index (χ1) is 18.5. The van der Waals surface area contributed by atoms with Crippen LogP contribution in [0.3, 0.4) is 0 Å². The van der Waals surface area contributed by atoms with Gasteiger partial charge < -0.3 is 15.0 Å². The number of anilines is 1. The van der Waals surface area contributed by atoms with Gasteiger partial charge in [0.15, 0.2) is 0 Å². The summed E-state index contributed by atoms with van der Waals surface area (Å²) < 4.78 is 32.9. The lowest BCUT2D eigenvalue weighted by Crippen LogP contribution is -2.29. The van der Waals surface area contributed by atoms with Crippen LogP contribution in [0.5, 0.6) is 5.75 Å². The molecule has 5 aromatic rings. The molecule has 0 amide bonds. The van der Waals surface area contributed by atoms with Crippen LogP contribution in [0.4, 0.5) is 5.82 Å². The summed E-state index contributed by atoms with van der Waals surface area (Å²) in [4.78, 5) is 13.1. The van der Waals surface area contributed by atoms with Crippen molar-refractivity contribution in [2.45, 2.75) is 4.90 Å². The molecule has 2 aromatic heterocycles. The van der Waals surface area contributed by atoms with Gasteiger partial charge in [0.1, 0.15) is 17.4 Å². The Labute approximate surface area is 221 Å². The van der Waals surface area contributed by atoms with E-state index < -0.39 is 10.0 Å². The highest BCUT2D eigenvalue weighted by molar-refractivity contribution is 7.89. The molecule has 0 unspecified atom stereocenters. The van der Waals surface area contributed by atoms with Gasteiger partial charge in [-0.3, -0.25) is 0 Å². The first kappa shape index (κ1) is 25.2. The summed E-state index contributed by atoms with van der Waals surface area (Å²) in [5.41, 5.74) is 4.41. The highest BCUT2D eigenvalue weighted by atomic mass is 32.2. The number of rotatable bonds is 10. The molecule has 0 aliphatic carbocycles. The molecule has 0 bridgehead atoms. The Balaban J connectivity index is 1.38. The van der Waals surface area contributed by atoms with Crippen LogP contribution >= 0.6 is 0 Å². The molecule has 0 spiro atoms. The first-order valence-corrected chi connectivity index (χ1v) is 13.6. The van der Waals surface area contributed by atoms with E-state index in [1.54, 1.807) is 43.6 Å². The van der Waals surface area contributed by atoms with E-state index in [4.69, 9.17) is 9.72 Å². The van der Waals surface area contributed by atoms with Crippen molar-refractivity contribution >= 4 is 15.8 Å². The third kappa shape index (κ3) is 5.74. The van der Waals surface area contributed by atoms with Crippen molar-refractivity contribution in [1.82, 2.24) is 19.7 Å². The number of aromatic amines is 1. The number of sulfonamides is 1. The van der Waals surface area contributed by atoms with Gasteiger partial charge in [-0.25, -0.2) is 23.1 Å². The summed E-state index contributed by atoms with van der Waals surface area (Å²) in [6, 6.07) is 29.8. The predicted octanol–water partition coefficient (Wildman–Crippen LogP) is 5.20. The second-order valence-corrected chi connectivity index (χ2v) is 10.2. The SMILES string of the molecule is COc1cccc(-c2nc(-c3ccccc3)[nH]c2-c2ccnc(NCCNS(=O)(=O)c3ccccc3)c2)c1. The molecule has 9 heteroatoms. The summed E-state index contributed by atoms with van der Waals surface area (Å²) in [7, 11) is -1.93. The lowest BCUT2D eigenvalue weighted by Gasteiger charge is -2.10. The van der Waals surface area contributed by atoms with Gasteiger partial charge in [-0.2, -0.15) is 0 Å². The molecule has 3 aromatic carbocycles. The standard InChI is InChI=1S/C29H27N5O3S/c1-37-24-12-8-11-22(19-24)27-28(34-29(33-27)21-9-4-2-5-10-21)23-15-16-30-26(20-23)31-17-18-32-38(35,36)25-13-6-3-7-14-25/h2-16,19-20,32H,17-18H2,1H3,(H,30,31)(H,33,34). The van der Waals surface area contributed by atoms with E-state index in [1.165, 1.54) is 0 Å². The zero-order valence-corrected chi connectivity index (χ0v) is 21.6. The fraction of sp³-hybridized carbons (Fsp3) is 0.103. The van der Waals surface area contributed by atoms with Gasteiger partial charge in [0.2, 0.25) is 10.0 Å². The lowest BCUT2D eigenvalue weighted by atomic mass is 10.1. The Morgan fingerprint density at radius 2 is 1.55 bits per heavy atom. The molecule has 0 radical (unpaired) electrons. The number of nitrogens with zero attached hydrogens (tertiary/aromatic N) is 2. The van der Waals surface area contributed by atoms with Crippen LogP contribution in [0.25, 0.3) is 33.9 Å². The lowest BCUT2D eigenvalue weighted by molar-refractivity contribution is 0.415. The van der Waals surface area contributed by atoms with Gasteiger partial charge >= 0.3 is 0 Å². The van der Waals surface area contributed by atoms with Crippen molar-refractivity contribution in [2.75, 3.05) is 25.5 Å². The number of benzene rings is 3. The number of nitrogens with one attached hydrogen (secondary N) is 3. The molecule has 192 valence electrons. The van der Waals surface area contributed by atoms with Crippen LogP contribution in [-0.4, -0.2) is 43.6 Å². The van der Waals surface area contributed by atoms with Crippen molar-refractivity contribution in [3.63, 3.8) is 0 Å². The maximum atomic E-state index is 12.4. The summed E-state index contributed by atoms with van der Waals surface area (Å²) in [6.07, 6.45) is 1.71. The highest BCUT2D eigenvalue weighted by Crippen LogP contribution is 2.34. The quantitative estimate of drug-likeness (QED) is 0.216. The van der Waals surface area contributed by atoms with E-state index in [0.29, 0.717) is 12.4 Å². The minimum absolute atomic E-state index is 0.209. The van der Waals surface area contributed by atoms with Crippen LogP contribution in [0, 0.1) is 0 Å². The Morgan fingerprint density at radius 3 is 2.32 bits per heavy atom. The number of hydrogen-bond donors (Lipinski definition) is 3. The van der Waals surface area contributed by atoms with Crippen LogP contribution < -0.4 is 14.8 Å². The number of aromatic nitrogens is 3. The van der Waals surface area contributed by atoms with Crippen molar-refractivity contribution in [3.8, 4) is 39.7 Å². The van der Waals surface area contributed by atoms with Gasteiger partial charge in [0.25, 0.3) is 0 Å². The Bertz CT molecular complexity index is 1620. The average Bonchev–Trinajstić information content (AvgIpc) is 3.42. The summed E-state index contributed by atoms with van der Waals surface area (Å²) in [5.74, 6) is 2.11. The number of pyridine rings is 1. The van der Waals surface area contributed by atoms with E-state index in [0.717, 1.165) is 39.7 Å². The van der Waals surface area contributed by atoms with E-state index in [2.05, 4.69) is 20.0 Å². The van der Waals surface area contributed by atoms with Crippen molar-refractivity contribution < 1.29 is 13.2 Å². The van der Waals surface area contributed by atoms with Crippen molar-refractivity contribution in [1.29, 1.82) is 0 Å². The smallest absolute Gasteiger partial charge is 0.240 e. The monoisotopic (exact) mass is 525 g/mol. The first-order valence-electron chi connectivity index (χ1n) is 12.1. The molecule has 2 heterocycles. The third-order valence-corrected chi connectivity index (χ3v) is 7.40. The Morgan fingerprint density at radius 1 is 0.816 bits per heavy atom. The van der Waals surface area contributed by atoms with Crippen LogP contribution in [-0.2, 0) is 10.0 Å². The molecule has 0 aliphatic heterocycles. The summed E-state index contributed by atoms with van der Waals surface area (Å²) in [6.45, 7) is 0.573. The van der Waals surface area contributed by atoms with E-state index in [1.807, 2.05) is 66.7 Å². The fourth-order valence-electron chi connectivity index (χ4n) is 4.04. The van der Waals surface area contributed by atoms with Gasteiger partial charge in [-0.15, -0.1) is 0 Å². The summed E-state index contributed by atoms with van der Waals surface area (Å²) in [5, 5.41) is 3.20. The predicted molar refractivity (Wildman–Crippen MR) is 149 cm³/mol. The highest BCUT2D eigenvalue weighted by Gasteiger charge is 2.17. The molecule has 0 saturated heterocycles. The molecule has 8 nitrogen and oxygen atoms in total. The van der Waals surface area contributed by atoms with E-state index in [-0.39, 0.29) is 11.4 Å². The minimum atomic E-state index is -3.57. The number of methoxy groups -OCH3 is 1. The minimum Gasteiger partial charge on any atom is -0.497 e. The molecule has 5 rings (SSSR count). The van der Waals surface area contributed by atoms with E-state index in [9.17, 15) is 8.42 Å². The maximum absolute atomic E-state index is 12.4.